The molecule has 2 heterocycles. The van der Waals surface area contributed by atoms with Gasteiger partial charge in [-0.15, -0.1) is 0 Å². The van der Waals surface area contributed by atoms with Gasteiger partial charge in [-0.05, 0) is 24.5 Å². The third-order valence-electron chi connectivity index (χ3n) is 4.51. The molecule has 2 aromatic rings. The van der Waals surface area contributed by atoms with Gasteiger partial charge in [0, 0.05) is 49.6 Å². The van der Waals surface area contributed by atoms with Crippen molar-refractivity contribution in [3.8, 4) is 0 Å². The quantitative estimate of drug-likeness (QED) is 0.934. The zero-order valence-electron chi connectivity index (χ0n) is 13.1. The molecule has 1 saturated heterocycles. The summed E-state index contributed by atoms with van der Waals surface area (Å²) in [5.41, 5.74) is 0.818. The van der Waals surface area contributed by atoms with Crippen LogP contribution in [0.25, 0.3) is 0 Å². The van der Waals surface area contributed by atoms with Gasteiger partial charge in [-0.1, -0.05) is 29.8 Å². The van der Waals surface area contributed by atoms with Crippen LogP contribution in [0.5, 0.6) is 0 Å². The van der Waals surface area contributed by atoms with Gasteiger partial charge in [-0.25, -0.2) is 4.98 Å². The molecule has 1 aromatic heterocycles. The Labute approximate surface area is 140 Å². The summed E-state index contributed by atoms with van der Waals surface area (Å²) in [4.78, 5) is 16.3. The molecule has 1 aromatic carbocycles. The third kappa shape index (κ3) is 3.26. The molecule has 1 fully saturated rings. The van der Waals surface area contributed by atoms with Crippen molar-refractivity contribution in [3.63, 3.8) is 0 Å². The summed E-state index contributed by atoms with van der Waals surface area (Å²) in [5.74, 6) is 0.368. The largest absolute Gasteiger partial charge is 0.381 e. The van der Waals surface area contributed by atoms with Gasteiger partial charge in [0.05, 0.1) is 0 Å². The molecule has 0 radical (unpaired) electrons. The Morgan fingerprint density at radius 3 is 2.83 bits per heavy atom. The molecule has 0 bridgehead atoms. The van der Waals surface area contributed by atoms with E-state index in [1.807, 2.05) is 18.2 Å². The maximum atomic E-state index is 12.1. The number of anilines is 1. The fourth-order valence-corrected chi connectivity index (χ4v) is 3.40. The molecule has 23 heavy (non-hydrogen) atoms. The van der Waals surface area contributed by atoms with Gasteiger partial charge in [0.1, 0.15) is 0 Å². The number of aromatic nitrogens is 2. The highest BCUT2D eigenvalue weighted by Crippen LogP contribution is 2.38. The second kappa shape index (κ2) is 6.72. The minimum absolute atomic E-state index is 0.131. The van der Waals surface area contributed by atoms with Crippen LogP contribution in [-0.4, -0.2) is 29.3 Å². The molecular weight excluding hydrogens is 314 g/mol. The number of benzene rings is 1. The minimum Gasteiger partial charge on any atom is -0.381 e. The molecule has 0 unspecified atom stereocenters. The summed E-state index contributed by atoms with van der Waals surface area (Å²) in [6, 6.07) is 7.90. The molecule has 1 aliphatic rings. The predicted molar refractivity (Wildman–Crippen MR) is 91.2 cm³/mol. The molecule has 0 saturated carbocycles. The van der Waals surface area contributed by atoms with Crippen LogP contribution in [0.15, 0.2) is 41.5 Å². The normalized spacial score (nSPS) is 17.0. The van der Waals surface area contributed by atoms with E-state index in [9.17, 15) is 4.79 Å². The topological polar surface area (TPSA) is 56.1 Å². The summed E-state index contributed by atoms with van der Waals surface area (Å²) in [6.45, 7) is 1.98. The van der Waals surface area contributed by atoms with Crippen LogP contribution in [0.3, 0.4) is 0 Å². The van der Waals surface area contributed by atoms with Crippen molar-refractivity contribution in [2.24, 2.45) is 7.05 Å². The van der Waals surface area contributed by atoms with Gasteiger partial charge in [0.2, 0.25) is 0 Å². The Balaban J connectivity index is 1.90. The van der Waals surface area contributed by atoms with E-state index >= 15 is 0 Å². The fraction of sp³-hybridized carbons (Fsp3) is 0.412. The zero-order chi connectivity index (χ0) is 16.3. The lowest BCUT2D eigenvalue weighted by Crippen LogP contribution is -2.41. The summed E-state index contributed by atoms with van der Waals surface area (Å²) >= 11 is 6.44. The smallest absolute Gasteiger partial charge is 0.293 e. The SMILES string of the molecule is Cn1ccnc(NCC2(c3ccccc3Cl)CCOCC2)c1=O. The van der Waals surface area contributed by atoms with E-state index < -0.39 is 0 Å². The van der Waals surface area contributed by atoms with Crippen LogP contribution in [0.4, 0.5) is 5.82 Å². The van der Waals surface area contributed by atoms with Gasteiger partial charge in [0.15, 0.2) is 5.82 Å². The van der Waals surface area contributed by atoms with E-state index in [0.717, 1.165) is 23.4 Å². The number of hydrogen-bond donors (Lipinski definition) is 1. The number of nitrogens with one attached hydrogen (secondary N) is 1. The van der Waals surface area contributed by atoms with Crippen molar-refractivity contribution in [3.05, 3.63) is 57.6 Å². The number of halogens is 1. The zero-order valence-corrected chi connectivity index (χ0v) is 13.8. The van der Waals surface area contributed by atoms with Crippen molar-refractivity contribution < 1.29 is 4.74 Å². The van der Waals surface area contributed by atoms with Crippen LogP contribution in [-0.2, 0) is 17.2 Å². The summed E-state index contributed by atoms with van der Waals surface area (Å²) in [6.07, 6.45) is 4.98. The summed E-state index contributed by atoms with van der Waals surface area (Å²) in [7, 11) is 1.72. The Morgan fingerprint density at radius 1 is 1.35 bits per heavy atom. The third-order valence-corrected chi connectivity index (χ3v) is 4.84. The molecule has 0 aliphatic carbocycles. The highest BCUT2D eigenvalue weighted by molar-refractivity contribution is 6.31. The van der Waals surface area contributed by atoms with E-state index in [1.54, 1.807) is 19.4 Å². The lowest BCUT2D eigenvalue weighted by atomic mass is 9.74. The van der Waals surface area contributed by atoms with Crippen LogP contribution in [0.2, 0.25) is 5.02 Å². The number of ether oxygens (including phenoxy) is 1. The van der Waals surface area contributed by atoms with Crippen LogP contribution < -0.4 is 10.9 Å². The molecule has 5 nitrogen and oxygen atoms in total. The maximum Gasteiger partial charge on any atom is 0.293 e. The van der Waals surface area contributed by atoms with Crippen LogP contribution in [0.1, 0.15) is 18.4 Å². The molecule has 0 atom stereocenters. The fourth-order valence-electron chi connectivity index (χ4n) is 3.07. The van der Waals surface area contributed by atoms with E-state index in [0.29, 0.717) is 25.6 Å². The first-order valence-electron chi connectivity index (χ1n) is 7.71. The van der Waals surface area contributed by atoms with Gasteiger partial charge in [-0.3, -0.25) is 4.79 Å². The number of hydrogen-bond acceptors (Lipinski definition) is 4. The van der Waals surface area contributed by atoms with E-state index in [1.165, 1.54) is 4.57 Å². The van der Waals surface area contributed by atoms with E-state index in [4.69, 9.17) is 16.3 Å². The minimum atomic E-state index is -0.154. The first-order chi connectivity index (χ1) is 11.1. The second-order valence-electron chi connectivity index (χ2n) is 5.92. The van der Waals surface area contributed by atoms with Crippen LogP contribution >= 0.6 is 11.6 Å². The molecule has 0 spiro atoms. The van der Waals surface area contributed by atoms with E-state index in [2.05, 4.69) is 16.4 Å². The predicted octanol–water partition coefficient (Wildman–Crippen LogP) is 2.59. The Kier molecular flexibility index (Phi) is 4.68. The van der Waals surface area contributed by atoms with Crippen molar-refractivity contribution in [2.45, 2.75) is 18.3 Å². The molecule has 122 valence electrons. The average Bonchev–Trinajstić information content (AvgIpc) is 2.57. The van der Waals surface area contributed by atoms with Gasteiger partial charge in [0.25, 0.3) is 5.56 Å². The standard InChI is InChI=1S/C17H20ClN3O2/c1-21-9-8-19-15(16(21)22)20-12-17(6-10-23-11-7-17)13-4-2-3-5-14(13)18/h2-5,8-9H,6-7,10-12H2,1H3,(H,19,20). The van der Waals surface area contributed by atoms with Crippen molar-refractivity contribution in [1.29, 1.82) is 0 Å². The van der Waals surface area contributed by atoms with Gasteiger partial charge in [-0.2, -0.15) is 0 Å². The number of nitrogens with zero attached hydrogens (tertiary/aromatic N) is 2. The lowest BCUT2D eigenvalue weighted by Gasteiger charge is -2.38. The summed E-state index contributed by atoms with van der Waals surface area (Å²) in [5, 5.41) is 3.99. The van der Waals surface area contributed by atoms with E-state index in [-0.39, 0.29) is 11.0 Å². The first-order valence-corrected chi connectivity index (χ1v) is 8.08. The second-order valence-corrected chi connectivity index (χ2v) is 6.33. The Hall–Kier alpha value is -1.85. The number of aryl methyl sites for hydroxylation is 1. The molecule has 1 N–H and O–H groups in total. The van der Waals surface area contributed by atoms with Gasteiger partial charge < -0.3 is 14.6 Å². The molecular formula is C17H20ClN3O2. The summed E-state index contributed by atoms with van der Waals surface area (Å²) < 4.78 is 7.04. The molecule has 6 heteroatoms. The number of rotatable bonds is 4. The van der Waals surface area contributed by atoms with Crippen LogP contribution in [0, 0.1) is 0 Å². The monoisotopic (exact) mass is 333 g/mol. The highest BCUT2D eigenvalue weighted by Gasteiger charge is 2.36. The van der Waals surface area contributed by atoms with Crippen molar-refractivity contribution >= 4 is 17.4 Å². The maximum absolute atomic E-state index is 12.1. The Morgan fingerprint density at radius 2 is 2.09 bits per heavy atom. The molecule has 1 aliphatic heterocycles. The van der Waals surface area contributed by atoms with Crippen molar-refractivity contribution in [2.75, 3.05) is 25.1 Å². The first kappa shape index (κ1) is 16.0. The van der Waals surface area contributed by atoms with Gasteiger partial charge >= 0.3 is 0 Å². The average molecular weight is 334 g/mol. The molecule has 0 amide bonds. The Bertz CT molecular complexity index is 739. The lowest BCUT2D eigenvalue weighted by molar-refractivity contribution is 0.0544. The highest BCUT2D eigenvalue weighted by atomic mass is 35.5. The molecule has 3 rings (SSSR count). The van der Waals surface area contributed by atoms with Crippen molar-refractivity contribution in [1.82, 2.24) is 9.55 Å².